The average Bonchev–Trinajstić information content (AvgIpc) is 2.79. The van der Waals surface area contributed by atoms with Crippen molar-refractivity contribution in [1.82, 2.24) is 5.32 Å². The van der Waals surface area contributed by atoms with Crippen molar-refractivity contribution in [2.75, 3.05) is 17.9 Å². The lowest BCUT2D eigenvalue weighted by molar-refractivity contribution is 0.0954. The predicted molar refractivity (Wildman–Crippen MR) is 122 cm³/mol. The molecule has 1 amide bonds. The lowest BCUT2D eigenvalue weighted by atomic mass is 10.1. The quantitative estimate of drug-likeness (QED) is 0.518. The van der Waals surface area contributed by atoms with Crippen molar-refractivity contribution in [2.24, 2.45) is 5.14 Å². The van der Waals surface area contributed by atoms with Gasteiger partial charge in [0.05, 0.1) is 15.5 Å². The Kier molecular flexibility index (Phi) is 6.97. The van der Waals surface area contributed by atoms with E-state index >= 15 is 0 Å². The SMILES string of the molecule is CN(c1ccccc1)S(=O)(=O)c1ccc(C(=O)NCCc2ccc(S(N)(=O)=O)cc2)cc1. The number of nitrogens with one attached hydrogen (secondary N) is 1. The Morgan fingerprint density at radius 2 is 1.41 bits per heavy atom. The largest absolute Gasteiger partial charge is 0.352 e. The maximum absolute atomic E-state index is 12.8. The third kappa shape index (κ3) is 5.52. The van der Waals surface area contributed by atoms with Crippen LogP contribution in [0.5, 0.6) is 0 Å². The fourth-order valence-electron chi connectivity index (χ4n) is 2.98. The van der Waals surface area contributed by atoms with E-state index in [1.54, 1.807) is 42.5 Å². The van der Waals surface area contributed by atoms with E-state index in [2.05, 4.69) is 5.32 Å². The van der Waals surface area contributed by atoms with Crippen molar-refractivity contribution in [3.05, 3.63) is 90.0 Å². The third-order valence-corrected chi connectivity index (χ3v) is 7.57. The predicted octanol–water partition coefficient (Wildman–Crippen LogP) is 2.13. The normalized spacial score (nSPS) is 11.7. The molecule has 0 bridgehead atoms. The Hall–Kier alpha value is -3.21. The zero-order valence-electron chi connectivity index (χ0n) is 17.3. The highest BCUT2D eigenvalue weighted by Gasteiger charge is 2.21. The van der Waals surface area contributed by atoms with Crippen molar-refractivity contribution < 1.29 is 21.6 Å². The minimum atomic E-state index is -3.75. The number of nitrogens with zero attached hydrogens (tertiary/aromatic N) is 1. The molecule has 0 unspecified atom stereocenters. The molecule has 0 atom stereocenters. The monoisotopic (exact) mass is 473 g/mol. The van der Waals surface area contributed by atoms with Crippen LogP contribution in [0.25, 0.3) is 0 Å². The fraction of sp³-hybridized carbons (Fsp3) is 0.136. The molecule has 0 aromatic heterocycles. The smallest absolute Gasteiger partial charge is 0.264 e. The molecule has 0 saturated carbocycles. The van der Waals surface area contributed by atoms with E-state index in [-0.39, 0.29) is 15.7 Å². The first-order valence-corrected chi connectivity index (χ1v) is 12.6. The van der Waals surface area contributed by atoms with Gasteiger partial charge in [0.25, 0.3) is 15.9 Å². The van der Waals surface area contributed by atoms with E-state index in [0.717, 1.165) is 5.56 Å². The summed E-state index contributed by atoms with van der Waals surface area (Å²) in [5.41, 5.74) is 1.70. The molecular weight excluding hydrogens is 450 g/mol. The number of hydrogen-bond donors (Lipinski definition) is 2. The Labute approximate surface area is 187 Å². The van der Waals surface area contributed by atoms with Crippen LogP contribution in [0.2, 0.25) is 0 Å². The van der Waals surface area contributed by atoms with Gasteiger partial charge >= 0.3 is 0 Å². The number of primary sulfonamides is 1. The van der Waals surface area contributed by atoms with Crippen molar-refractivity contribution in [3.63, 3.8) is 0 Å². The Morgan fingerprint density at radius 3 is 1.97 bits per heavy atom. The van der Waals surface area contributed by atoms with Crippen LogP contribution in [0.1, 0.15) is 15.9 Å². The van der Waals surface area contributed by atoms with E-state index in [9.17, 15) is 21.6 Å². The first-order valence-electron chi connectivity index (χ1n) is 9.63. The number of carbonyl (C=O) groups excluding carboxylic acids is 1. The third-order valence-electron chi connectivity index (χ3n) is 4.85. The van der Waals surface area contributed by atoms with Gasteiger partial charge in [-0.2, -0.15) is 0 Å². The lowest BCUT2D eigenvalue weighted by Crippen LogP contribution is -2.27. The number of anilines is 1. The minimum absolute atomic E-state index is 0.0261. The van der Waals surface area contributed by atoms with Crippen LogP contribution >= 0.6 is 0 Å². The van der Waals surface area contributed by atoms with Gasteiger partial charge in [-0.1, -0.05) is 30.3 Å². The van der Waals surface area contributed by atoms with Gasteiger partial charge in [-0.25, -0.2) is 22.0 Å². The minimum Gasteiger partial charge on any atom is -0.352 e. The Morgan fingerprint density at radius 1 is 0.844 bits per heavy atom. The Balaban J connectivity index is 1.60. The summed E-state index contributed by atoms with van der Waals surface area (Å²) in [4.78, 5) is 12.5. The highest BCUT2D eigenvalue weighted by atomic mass is 32.2. The first kappa shape index (κ1) is 23.5. The molecule has 8 nitrogen and oxygen atoms in total. The summed E-state index contributed by atoms with van der Waals surface area (Å²) in [7, 11) is -6.02. The number of sulfonamides is 2. The highest BCUT2D eigenvalue weighted by molar-refractivity contribution is 7.92. The van der Waals surface area contributed by atoms with Crippen molar-refractivity contribution >= 4 is 31.6 Å². The first-order chi connectivity index (χ1) is 15.1. The van der Waals surface area contributed by atoms with E-state index in [4.69, 9.17) is 5.14 Å². The van der Waals surface area contributed by atoms with E-state index < -0.39 is 20.0 Å². The molecule has 0 heterocycles. The fourth-order valence-corrected chi connectivity index (χ4v) is 4.69. The van der Waals surface area contributed by atoms with Gasteiger partial charge < -0.3 is 5.32 Å². The van der Waals surface area contributed by atoms with Crippen LogP contribution in [0.3, 0.4) is 0 Å². The molecule has 0 aliphatic heterocycles. The Bertz CT molecular complexity index is 1290. The summed E-state index contributed by atoms with van der Waals surface area (Å²) in [5, 5.41) is 7.83. The molecule has 0 spiro atoms. The number of hydrogen-bond acceptors (Lipinski definition) is 5. The number of benzene rings is 3. The van der Waals surface area contributed by atoms with E-state index in [0.29, 0.717) is 24.2 Å². The molecule has 0 aliphatic rings. The van der Waals surface area contributed by atoms with Gasteiger partial charge in [-0.05, 0) is 60.5 Å². The average molecular weight is 474 g/mol. The van der Waals surface area contributed by atoms with Crippen LogP contribution in [-0.2, 0) is 26.5 Å². The van der Waals surface area contributed by atoms with Crippen LogP contribution in [-0.4, -0.2) is 36.3 Å². The highest BCUT2D eigenvalue weighted by Crippen LogP contribution is 2.21. The van der Waals surface area contributed by atoms with Gasteiger partial charge in [0.1, 0.15) is 0 Å². The van der Waals surface area contributed by atoms with Crippen molar-refractivity contribution in [1.29, 1.82) is 0 Å². The standard InChI is InChI=1S/C22H23N3O5S2/c1-25(19-5-3-2-4-6-19)32(29,30)21-13-9-18(10-14-21)22(26)24-16-15-17-7-11-20(12-8-17)31(23,27)28/h2-14H,15-16H2,1H3,(H,24,26)(H2,23,27,28). The van der Waals surface area contributed by atoms with Crippen LogP contribution in [0.15, 0.2) is 88.7 Å². The summed E-state index contributed by atoms with van der Waals surface area (Å²) in [6.07, 6.45) is 0.491. The van der Waals surface area contributed by atoms with Gasteiger partial charge in [0.15, 0.2) is 0 Å². The summed E-state index contributed by atoms with van der Waals surface area (Å²) in [6.45, 7) is 0.324. The summed E-state index contributed by atoms with van der Waals surface area (Å²) >= 11 is 0. The molecule has 3 aromatic carbocycles. The van der Waals surface area contributed by atoms with Crippen LogP contribution in [0.4, 0.5) is 5.69 Å². The molecule has 168 valence electrons. The van der Waals surface area contributed by atoms with E-state index in [1.165, 1.54) is 47.8 Å². The maximum Gasteiger partial charge on any atom is 0.264 e. The molecular formula is C22H23N3O5S2. The molecule has 0 radical (unpaired) electrons. The molecule has 0 saturated heterocycles. The lowest BCUT2D eigenvalue weighted by Gasteiger charge is -2.19. The second-order valence-corrected chi connectivity index (χ2v) is 10.6. The van der Waals surface area contributed by atoms with Crippen molar-refractivity contribution in [3.8, 4) is 0 Å². The second kappa shape index (κ2) is 9.51. The zero-order valence-corrected chi connectivity index (χ0v) is 18.9. The van der Waals surface area contributed by atoms with Gasteiger partial charge in [-0.15, -0.1) is 0 Å². The molecule has 0 fully saturated rings. The molecule has 3 N–H and O–H groups in total. The number of nitrogens with two attached hydrogens (primary N) is 1. The molecule has 3 rings (SSSR count). The van der Waals surface area contributed by atoms with Gasteiger partial charge in [-0.3, -0.25) is 9.10 Å². The number of rotatable bonds is 8. The second-order valence-electron chi connectivity index (χ2n) is 7.03. The van der Waals surface area contributed by atoms with Gasteiger partial charge in [0.2, 0.25) is 10.0 Å². The van der Waals surface area contributed by atoms with Crippen LogP contribution in [0, 0.1) is 0 Å². The molecule has 3 aromatic rings. The topological polar surface area (TPSA) is 127 Å². The molecule has 32 heavy (non-hydrogen) atoms. The molecule has 0 aliphatic carbocycles. The van der Waals surface area contributed by atoms with Gasteiger partial charge in [0, 0.05) is 19.2 Å². The van der Waals surface area contributed by atoms with E-state index in [1.807, 2.05) is 0 Å². The van der Waals surface area contributed by atoms with Crippen LogP contribution < -0.4 is 14.8 Å². The number of carbonyl (C=O) groups is 1. The summed E-state index contributed by atoms with van der Waals surface area (Å²) in [5.74, 6) is -0.341. The zero-order chi connectivity index (χ0) is 23.4. The summed E-state index contributed by atoms with van der Waals surface area (Å²) < 4.78 is 49.4. The van der Waals surface area contributed by atoms with Crippen molar-refractivity contribution in [2.45, 2.75) is 16.2 Å². The molecule has 10 heteroatoms. The summed E-state index contributed by atoms with van der Waals surface area (Å²) in [6, 6.07) is 20.5. The maximum atomic E-state index is 12.8. The number of amides is 1. The number of para-hydroxylation sites is 1.